The monoisotopic (exact) mass is 379 g/mol. The molecule has 2 aromatic carbocycles. The predicted octanol–water partition coefficient (Wildman–Crippen LogP) is 4.39. The minimum atomic E-state index is -0.225. The quantitative estimate of drug-likeness (QED) is 0.622. The summed E-state index contributed by atoms with van der Waals surface area (Å²) in [7, 11) is 0. The molecular formula is C20H17N3O3S. The standard InChI is InChI=1S/C20H17N3O3S/c1-2-10-21-20-23-17(13-6-4-3-5-7-13)18(27-20)19(24)22-14-8-9-15-16(11-14)26-12-25-15/h2-9,11H,1,10,12H2,(H,21,23)(H,22,24). The molecule has 2 N–H and O–H groups in total. The van der Waals surface area contributed by atoms with E-state index in [0.717, 1.165) is 5.56 Å². The van der Waals surface area contributed by atoms with Crippen LogP contribution in [0.2, 0.25) is 0 Å². The summed E-state index contributed by atoms with van der Waals surface area (Å²) in [5.41, 5.74) is 2.17. The Bertz CT molecular complexity index is 985. The molecule has 0 atom stereocenters. The highest BCUT2D eigenvalue weighted by molar-refractivity contribution is 7.18. The van der Waals surface area contributed by atoms with E-state index in [1.165, 1.54) is 11.3 Å². The maximum absolute atomic E-state index is 12.9. The molecule has 136 valence electrons. The third-order valence-electron chi connectivity index (χ3n) is 3.91. The van der Waals surface area contributed by atoms with Gasteiger partial charge in [0.25, 0.3) is 5.91 Å². The maximum atomic E-state index is 12.9. The number of rotatable bonds is 6. The first kappa shape index (κ1) is 17.1. The van der Waals surface area contributed by atoms with Gasteiger partial charge >= 0.3 is 0 Å². The number of hydrogen-bond acceptors (Lipinski definition) is 6. The van der Waals surface area contributed by atoms with Gasteiger partial charge in [0, 0.05) is 23.9 Å². The molecule has 1 aliphatic rings. The van der Waals surface area contributed by atoms with Crippen LogP contribution in [-0.4, -0.2) is 24.2 Å². The number of hydrogen-bond donors (Lipinski definition) is 2. The fourth-order valence-electron chi connectivity index (χ4n) is 2.66. The molecule has 4 rings (SSSR count). The number of carbonyl (C=O) groups excluding carboxylic acids is 1. The van der Waals surface area contributed by atoms with E-state index in [1.54, 1.807) is 24.3 Å². The number of thiazole rings is 1. The van der Waals surface area contributed by atoms with Crippen molar-refractivity contribution in [3.63, 3.8) is 0 Å². The summed E-state index contributed by atoms with van der Waals surface area (Å²) in [6.07, 6.45) is 1.75. The van der Waals surface area contributed by atoms with Crippen LogP contribution < -0.4 is 20.1 Å². The predicted molar refractivity (Wildman–Crippen MR) is 107 cm³/mol. The number of benzene rings is 2. The van der Waals surface area contributed by atoms with Gasteiger partial charge in [0.15, 0.2) is 16.6 Å². The van der Waals surface area contributed by atoms with Gasteiger partial charge in [0.05, 0.1) is 5.69 Å². The van der Waals surface area contributed by atoms with E-state index in [-0.39, 0.29) is 12.7 Å². The van der Waals surface area contributed by atoms with E-state index >= 15 is 0 Å². The first-order valence-electron chi connectivity index (χ1n) is 8.36. The van der Waals surface area contributed by atoms with Crippen LogP contribution in [0.1, 0.15) is 9.67 Å². The molecule has 2 heterocycles. The summed E-state index contributed by atoms with van der Waals surface area (Å²) in [5.74, 6) is 1.07. The molecule has 0 unspecified atom stereocenters. The van der Waals surface area contributed by atoms with Crippen molar-refractivity contribution in [2.75, 3.05) is 24.0 Å². The van der Waals surface area contributed by atoms with E-state index < -0.39 is 0 Å². The van der Waals surface area contributed by atoms with Crippen molar-refractivity contribution in [1.29, 1.82) is 0 Å². The van der Waals surface area contributed by atoms with Crippen LogP contribution in [0, 0.1) is 0 Å². The summed E-state index contributed by atoms with van der Waals surface area (Å²) in [6, 6.07) is 15.0. The average Bonchev–Trinajstić information content (AvgIpc) is 3.33. The van der Waals surface area contributed by atoms with Crippen molar-refractivity contribution < 1.29 is 14.3 Å². The van der Waals surface area contributed by atoms with Gasteiger partial charge in [-0.2, -0.15) is 0 Å². The Morgan fingerprint density at radius 2 is 2.00 bits per heavy atom. The molecule has 0 fully saturated rings. The first-order valence-corrected chi connectivity index (χ1v) is 9.18. The number of ether oxygens (including phenoxy) is 2. The summed E-state index contributed by atoms with van der Waals surface area (Å²) in [4.78, 5) is 18.1. The number of anilines is 2. The number of nitrogens with one attached hydrogen (secondary N) is 2. The van der Waals surface area contributed by atoms with Crippen molar-refractivity contribution in [3.8, 4) is 22.8 Å². The largest absolute Gasteiger partial charge is 0.454 e. The normalized spacial score (nSPS) is 11.9. The zero-order chi connectivity index (χ0) is 18.6. The zero-order valence-electron chi connectivity index (χ0n) is 14.4. The Morgan fingerprint density at radius 3 is 2.81 bits per heavy atom. The molecule has 6 nitrogen and oxygen atoms in total. The lowest BCUT2D eigenvalue weighted by atomic mass is 10.1. The molecule has 0 bridgehead atoms. The third-order valence-corrected chi connectivity index (χ3v) is 4.92. The molecule has 3 aromatic rings. The SMILES string of the molecule is C=CCNc1nc(-c2ccccc2)c(C(=O)Nc2ccc3c(c2)OCO3)s1. The molecule has 7 heteroatoms. The van der Waals surface area contributed by atoms with Crippen molar-refractivity contribution in [1.82, 2.24) is 4.98 Å². The highest BCUT2D eigenvalue weighted by Gasteiger charge is 2.21. The summed E-state index contributed by atoms with van der Waals surface area (Å²) in [5, 5.41) is 6.74. The molecule has 0 radical (unpaired) electrons. The Kier molecular flexibility index (Phi) is 4.76. The molecule has 1 amide bonds. The highest BCUT2D eigenvalue weighted by atomic mass is 32.1. The lowest BCUT2D eigenvalue weighted by Crippen LogP contribution is -2.11. The van der Waals surface area contributed by atoms with Crippen LogP contribution in [0.5, 0.6) is 11.5 Å². The second-order valence-electron chi connectivity index (χ2n) is 5.75. The van der Waals surface area contributed by atoms with Crippen LogP contribution >= 0.6 is 11.3 Å². The van der Waals surface area contributed by atoms with Gasteiger partial charge in [-0.15, -0.1) is 6.58 Å². The maximum Gasteiger partial charge on any atom is 0.268 e. The lowest BCUT2D eigenvalue weighted by Gasteiger charge is -2.06. The molecule has 0 aliphatic carbocycles. The van der Waals surface area contributed by atoms with Crippen LogP contribution in [0.3, 0.4) is 0 Å². The van der Waals surface area contributed by atoms with Crippen molar-refractivity contribution in [2.45, 2.75) is 0 Å². The highest BCUT2D eigenvalue weighted by Crippen LogP contribution is 2.35. The molecule has 0 spiro atoms. The minimum Gasteiger partial charge on any atom is -0.454 e. The van der Waals surface area contributed by atoms with Crippen molar-refractivity contribution >= 4 is 28.1 Å². The van der Waals surface area contributed by atoms with Gasteiger partial charge in [-0.25, -0.2) is 4.98 Å². The first-order chi connectivity index (χ1) is 13.2. The summed E-state index contributed by atoms with van der Waals surface area (Å²) in [6.45, 7) is 4.46. The van der Waals surface area contributed by atoms with E-state index in [0.29, 0.717) is 39.4 Å². The second-order valence-corrected chi connectivity index (χ2v) is 6.75. The van der Waals surface area contributed by atoms with E-state index in [2.05, 4.69) is 22.2 Å². The summed E-state index contributed by atoms with van der Waals surface area (Å²) < 4.78 is 10.7. The van der Waals surface area contributed by atoms with Crippen LogP contribution in [0.15, 0.2) is 61.2 Å². The fourth-order valence-corrected chi connectivity index (χ4v) is 3.55. The molecule has 0 saturated carbocycles. The molecule has 1 aliphatic heterocycles. The number of nitrogens with zero attached hydrogens (tertiary/aromatic N) is 1. The van der Waals surface area contributed by atoms with Crippen LogP contribution in [-0.2, 0) is 0 Å². The second kappa shape index (κ2) is 7.51. The Labute approximate surface area is 160 Å². The molecule has 27 heavy (non-hydrogen) atoms. The number of aromatic nitrogens is 1. The fraction of sp³-hybridized carbons (Fsp3) is 0.100. The smallest absolute Gasteiger partial charge is 0.268 e. The van der Waals surface area contributed by atoms with Gasteiger partial charge in [-0.05, 0) is 12.1 Å². The number of fused-ring (bicyclic) bond motifs is 1. The summed E-state index contributed by atoms with van der Waals surface area (Å²) >= 11 is 1.31. The number of amides is 1. The van der Waals surface area contributed by atoms with E-state index in [4.69, 9.17) is 9.47 Å². The third kappa shape index (κ3) is 3.63. The zero-order valence-corrected chi connectivity index (χ0v) is 15.2. The Hall–Kier alpha value is -3.32. The Morgan fingerprint density at radius 1 is 1.19 bits per heavy atom. The van der Waals surface area contributed by atoms with Crippen molar-refractivity contribution in [2.24, 2.45) is 0 Å². The van der Waals surface area contributed by atoms with Gasteiger partial charge < -0.3 is 20.1 Å². The lowest BCUT2D eigenvalue weighted by molar-refractivity contribution is 0.103. The Balaban J connectivity index is 1.63. The van der Waals surface area contributed by atoms with Gasteiger partial charge in [-0.1, -0.05) is 47.7 Å². The van der Waals surface area contributed by atoms with E-state index in [1.807, 2.05) is 30.3 Å². The topological polar surface area (TPSA) is 72.5 Å². The van der Waals surface area contributed by atoms with Gasteiger partial charge in [0.1, 0.15) is 4.88 Å². The molecule has 0 saturated heterocycles. The average molecular weight is 379 g/mol. The minimum absolute atomic E-state index is 0.193. The van der Waals surface area contributed by atoms with Gasteiger partial charge in [-0.3, -0.25) is 4.79 Å². The van der Waals surface area contributed by atoms with Crippen LogP contribution in [0.4, 0.5) is 10.8 Å². The van der Waals surface area contributed by atoms with Crippen LogP contribution in [0.25, 0.3) is 11.3 Å². The number of carbonyl (C=O) groups is 1. The van der Waals surface area contributed by atoms with Gasteiger partial charge in [0.2, 0.25) is 6.79 Å². The molecule has 1 aromatic heterocycles. The van der Waals surface area contributed by atoms with E-state index in [9.17, 15) is 4.79 Å². The van der Waals surface area contributed by atoms with Crippen molar-refractivity contribution in [3.05, 3.63) is 66.1 Å². The molecular weight excluding hydrogens is 362 g/mol.